The first-order valence-corrected chi connectivity index (χ1v) is 5.47. The van der Waals surface area contributed by atoms with Crippen LogP contribution in [0, 0.1) is 5.41 Å². The van der Waals surface area contributed by atoms with Crippen molar-refractivity contribution >= 4 is 11.9 Å². The molecule has 4 heteroatoms. The van der Waals surface area contributed by atoms with Gasteiger partial charge in [0.2, 0.25) is 5.91 Å². The van der Waals surface area contributed by atoms with E-state index in [2.05, 4.69) is 5.32 Å². The molecule has 0 aliphatic rings. The second-order valence-electron chi connectivity index (χ2n) is 5.98. The van der Waals surface area contributed by atoms with Gasteiger partial charge in [-0.2, -0.15) is 0 Å². The Kier molecular flexibility index (Phi) is 4.53. The lowest BCUT2D eigenvalue weighted by molar-refractivity contribution is -0.158. The molecule has 4 nitrogen and oxygen atoms in total. The van der Waals surface area contributed by atoms with Crippen LogP contribution in [0.5, 0.6) is 0 Å². The number of nitrogens with one attached hydrogen (secondary N) is 1. The largest absolute Gasteiger partial charge is 0.458 e. The third-order valence-corrected chi connectivity index (χ3v) is 1.79. The molecule has 0 aliphatic carbocycles. The molecule has 0 spiro atoms. The third kappa shape index (κ3) is 5.73. The normalized spacial score (nSPS) is 14.2. The maximum atomic E-state index is 11.6. The molecule has 0 unspecified atom stereocenters. The maximum absolute atomic E-state index is 11.6. The topological polar surface area (TPSA) is 55.4 Å². The van der Waals surface area contributed by atoms with Crippen molar-refractivity contribution in [3.8, 4) is 0 Å². The van der Waals surface area contributed by atoms with Gasteiger partial charge in [0.25, 0.3) is 0 Å². The van der Waals surface area contributed by atoms with Gasteiger partial charge < -0.3 is 10.1 Å². The quantitative estimate of drug-likeness (QED) is 0.735. The first kappa shape index (κ1) is 14.9. The van der Waals surface area contributed by atoms with E-state index in [-0.39, 0.29) is 5.91 Å². The fraction of sp³-hybridized carbons (Fsp3) is 0.833. The molecule has 0 heterocycles. The number of amides is 1. The molecule has 1 N–H and O–H groups in total. The van der Waals surface area contributed by atoms with Crippen LogP contribution < -0.4 is 5.32 Å². The molecule has 16 heavy (non-hydrogen) atoms. The van der Waals surface area contributed by atoms with E-state index >= 15 is 0 Å². The van der Waals surface area contributed by atoms with Crippen LogP contribution in [0.2, 0.25) is 0 Å². The van der Waals surface area contributed by atoms with Crippen LogP contribution in [0.1, 0.15) is 48.5 Å². The molecule has 0 radical (unpaired) electrons. The van der Waals surface area contributed by atoms with Crippen molar-refractivity contribution < 1.29 is 14.3 Å². The molecule has 1 atom stereocenters. The summed E-state index contributed by atoms with van der Waals surface area (Å²) in [5.41, 5.74) is -1.03. The van der Waals surface area contributed by atoms with Gasteiger partial charge in [-0.05, 0) is 27.7 Å². The Hall–Kier alpha value is -1.06. The smallest absolute Gasteiger partial charge is 0.328 e. The Labute approximate surface area is 97.7 Å². The molecule has 1 amide bonds. The number of rotatable bonds is 2. The van der Waals surface area contributed by atoms with Crippen molar-refractivity contribution in [1.82, 2.24) is 5.32 Å². The zero-order valence-corrected chi connectivity index (χ0v) is 11.3. The standard InChI is InChI=1S/C12H23NO3/c1-8(9(14)16-12(5,6)7)13-10(15)11(2,3)4/h8H,1-7H3,(H,13,15)/t8-/m0/s1. The predicted molar refractivity (Wildman–Crippen MR) is 62.9 cm³/mol. The summed E-state index contributed by atoms with van der Waals surface area (Å²) in [6.07, 6.45) is 0. The van der Waals surface area contributed by atoms with E-state index in [0.717, 1.165) is 0 Å². The van der Waals surface area contributed by atoms with Gasteiger partial charge >= 0.3 is 5.97 Å². The average molecular weight is 229 g/mol. The molecule has 0 aliphatic heterocycles. The molecular formula is C12H23NO3. The summed E-state index contributed by atoms with van der Waals surface area (Å²) in [5, 5.41) is 2.63. The predicted octanol–water partition coefficient (Wildman–Crippen LogP) is 1.88. The van der Waals surface area contributed by atoms with E-state index in [1.54, 1.807) is 48.5 Å². The Bertz CT molecular complexity index is 271. The second-order valence-corrected chi connectivity index (χ2v) is 5.98. The second kappa shape index (κ2) is 4.85. The van der Waals surface area contributed by atoms with Crippen LogP contribution in [0.25, 0.3) is 0 Å². The van der Waals surface area contributed by atoms with Crippen LogP contribution in [0.15, 0.2) is 0 Å². The molecular weight excluding hydrogens is 206 g/mol. The van der Waals surface area contributed by atoms with Crippen molar-refractivity contribution in [3.63, 3.8) is 0 Å². The molecule has 0 bridgehead atoms. The number of ether oxygens (including phenoxy) is 1. The van der Waals surface area contributed by atoms with E-state index in [0.29, 0.717) is 0 Å². The van der Waals surface area contributed by atoms with E-state index in [1.165, 1.54) is 0 Å². The molecule has 0 saturated heterocycles. The summed E-state index contributed by atoms with van der Waals surface area (Å²) >= 11 is 0. The molecule has 94 valence electrons. The SMILES string of the molecule is C[C@H](NC(=O)C(C)(C)C)C(=O)OC(C)(C)C. The highest BCUT2D eigenvalue weighted by Gasteiger charge is 2.27. The highest BCUT2D eigenvalue weighted by atomic mass is 16.6. The van der Waals surface area contributed by atoms with Crippen molar-refractivity contribution in [2.75, 3.05) is 0 Å². The van der Waals surface area contributed by atoms with Gasteiger partial charge in [-0.3, -0.25) is 4.79 Å². The van der Waals surface area contributed by atoms with Crippen molar-refractivity contribution in [2.45, 2.75) is 60.1 Å². The number of carbonyl (C=O) groups excluding carboxylic acids is 2. The molecule has 0 fully saturated rings. The summed E-state index contributed by atoms with van der Waals surface area (Å²) < 4.78 is 5.16. The van der Waals surface area contributed by atoms with E-state index in [1.807, 2.05) is 0 Å². The summed E-state index contributed by atoms with van der Waals surface area (Å²) in [6, 6.07) is -0.619. The van der Waals surface area contributed by atoms with Gasteiger partial charge in [-0.25, -0.2) is 4.79 Å². The number of carbonyl (C=O) groups is 2. The van der Waals surface area contributed by atoms with Crippen LogP contribution in [-0.4, -0.2) is 23.5 Å². The van der Waals surface area contributed by atoms with Crippen molar-refractivity contribution in [2.24, 2.45) is 5.41 Å². The number of hydrogen-bond donors (Lipinski definition) is 1. The van der Waals surface area contributed by atoms with Gasteiger partial charge in [0, 0.05) is 5.41 Å². The lowest BCUT2D eigenvalue weighted by Gasteiger charge is -2.25. The summed E-state index contributed by atoms with van der Waals surface area (Å²) in [7, 11) is 0. The molecule has 0 rings (SSSR count). The highest BCUT2D eigenvalue weighted by Crippen LogP contribution is 2.14. The Morgan fingerprint density at radius 3 is 1.81 bits per heavy atom. The minimum absolute atomic E-state index is 0.161. The van der Waals surface area contributed by atoms with E-state index in [4.69, 9.17) is 4.74 Å². The third-order valence-electron chi connectivity index (χ3n) is 1.79. The van der Waals surface area contributed by atoms with Crippen LogP contribution in [0.3, 0.4) is 0 Å². The molecule has 0 aromatic heterocycles. The minimum atomic E-state index is -0.619. The molecule has 0 aromatic carbocycles. The molecule has 0 aromatic rings. The first-order valence-electron chi connectivity index (χ1n) is 5.47. The fourth-order valence-electron chi connectivity index (χ4n) is 0.862. The van der Waals surface area contributed by atoms with Crippen LogP contribution in [0.4, 0.5) is 0 Å². The van der Waals surface area contributed by atoms with E-state index < -0.39 is 23.0 Å². The van der Waals surface area contributed by atoms with Gasteiger partial charge in [-0.1, -0.05) is 20.8 Å². The summed E-state index contributed by atoms with van der Waals surface area (Å²) in [6.45, 7) is 12.4. The lowest BCUT2D eigenvalue weighted by Crippen LogP contribution is -2.46. The number of esters is 1. The monoisotopic (exact) mass is 229 g/mol. The average Bonchev–Trinajstić information content (AvgIpc) is 1.98. The van der Waals surface area contributed by atoms with Crippen molar-refractivity contribution in [1.29, 1.82) is 0 Å². The minimum Gasteiger partial charge on any atom is -0.458 e. The lowest BCUT2D eigenvalue weighted by atomic mass is 9.95. The van der Waals surface area contributed by atoms with Crippen LogP contribution >= 0.6 is 0 Å². The van der Waals surface area contributed by atoms with Gasteiger partial charge in [0.05, 0.1) is 0 Å². The highest BCUT2D eigenvalue weighted by molar-refractivity contribution is 5.87. The number of hydrogen-bond acceptors (Lipinski definition) is 3. The van der Waals surface area contributed by atoms with Gasteiger partial charge in [0.15, 0.2) is 0 Å². The van der Waals surface area contributed by atoms with Crippen molar-refractivity contribution in [3.05, 3.63) is 0 Å². The van der Waals surface area contributed by atoms with Crippen LogP contribution in [-0.2, 0) is 14.3 Å². The van der Waals surface area contributed by atoms with Gasteiger partial charge in [-0.15, -0.1) is 0 Å². The van der Waals surface area contributed by atoms with Gasteiger partial charge in [0.1, 0.15) is 11.6 Å². The Morgan fingerprint density at radius 1 is 1.06 bits per heavy atom. The maximum Gasteiger partial charge on any atom is 0.328 e. The van der Waals surface area contributed by atoms with E-state index in [9.17, 15) is 9.59 Å². The summed E-state index contributed by atoms with van der Waals surface area (Å²) in [4.78, 5) is 23.2. The Morgan fingerprint density at radius 2 is 1.50 bits per heavy atom. The zero-order valence-electron chi connectivity index (χ0n) is 11.3. The Balaban J connectivity index is 4.33. The zero-order chi connectivity index (χ0) is 13.1. The fourth-order valence-corrected chi connectivity index (χ4v) is 0.862. The molecule has 0 saturated carbocycles. The first-order chi connectivity index (χ1) is 6.93. The summed E-state index contributed by atoms with van der Waals surface area (Å²) in [5.74, 6) is -0.573.